The fourth-order valence-electron chi connectivity index (χ4n) is 3.89. The molecule has 3 aliphatic heterocycles. The van der Waals surface area contributed by atoms with Crippen molar-refractivity contribution in [2.24, 2.45) is 0 Å². The molecule has 3 atom stereocenters. The fraction of sp³-hybridized carbons (Fsp3) is 1.00. The molecular formula is C14H27N3. The highest BCUT2D eigenvalue weighted by molar-refractivity contribution is 4.91. The molecule has 3 saturated heterocycles. The van der Waals surface area contributed by atoms with Crippen LogP contribution < -0.4 is 5.32 Å². The van der Waals surface area contributed by atoms with Gasteiger partial charge in [-0.1, -0.05) is 0 Å². The summed E-state index contributed by atoms with van der Waals surface area (Å²) < 4.78 is 0. The summed E-state index contributed by atoms with van der Waals surface area (Å²) in [6.07, 6.45) is 8.40. The highest BCUT2D eigenvalue weighted by atomic mass is 15.2. The molecule has 0 aliphatic carbocycles. The molecule has 17 heavy (non-hydrogen) atoms. The SMILES string of the molecule is CN1CCCC(N2CCC3CCC(C2)N3)CC1. The molecule has 2 bridgehead atoms. The Morgan fingerprint density at radius 1 is 0.882 bits per heavy atom. The van der Waals surface area contributed by atoms with Crippen molar-refractivity contribution in [2.45, 2.75) is 56.7 Å². The van der Waals surface area contributed by atoms with Gasteiger partial charge in [0.25, 0.3) is 0 Å². The molecule has 3 heteroatoms. The number of hydrogen-bond donors (Lipinski definition) is 1. The van der Waals surface area contributed by atoms with E-state index in [9.17, 15) is 0 Å². The van der Waals surface area contributed by atoms with Gasteiger partial charge >= 0.3 is 0 Å². The molecule has 3 rings (SSSR count). The molecule has 0 aromatic carbocycles. The molecule has 3 unspecified atom stereocenters. The van der Waals surface area contributed by atoms with Crippen LogP contribution in [0.1, 0.15) is 38.5 Å². The molecule has 0 radical (unpaired) electrons. The first-order valence-corrected chi connectivity index (χ1v) is 7.50. The van der Waals surface area contributed by atoms with E-state index in [1.807, 2.05) is 0 Å². The lowest BCUT2D eigenvalue weighted by Crippen LogP contribution is -2.42. The predicted octanol–water partition coefficient (Wildman–Crippen LogP) is 1.30. The molecule has 0 spiro atoms. The lowest BCUT2D eigenvalue weighted by molar-refractivity contribution is 0.170. The number of likely N-dealkylation sites (tertiary alicyclic amines) is 2. The van der Waals surface area contributed by atoms with Crippen molar-refractivity contribution in [3.05, 3.63) is 0 Å². The topological polar surface area (TPSA) is 18.5 Å². The van der Waals surface area contributed by atoms with E-state index in [1.54, 1.807) is 0 Å². The molecule has 98 valence electrons. The van der Waals surface area contributed by atoms with Crippen molar-refractivity contribution in [2.75, 3.05) is 33.2 Å². The Balaban J connectivity index is 1.59. The van der Waals surface area contributed by atoms with E-state index in [0.29, 0.717) is 0 Å². The van der Waals surface area contributed by atoms with Crippen LogP contribution in [0.5, 0.6) is 0 Å². The van der Waals surface area contributed by atoms with E-state index in [4.69, 9.17) is 0 Å². The van der Waals surface area contributed by atoms with E-state index >= 15 is 0 Å². The van der Waals surface area contributed by atoms with Gasteiger partial charge in [-0.3, -0.25) is 4.90 Å². The Morgan fingerprint density at radius 2 is 1.76 bits per heavy atom. The quantitative estimate of drug-likeness (QED) is 0.741. The summed E-state index contributed by atoms with van der Waals surface area (Å²) >= 11 is 0. The van der Waals surface area contributed by atoms with Gasteiger partial charge in [0.1, 0.15) is 0 Å². The zero-order valence-corrected chi connectivity index (χ0v) is 11.2. The van der Waals surface area contributed by atoms with Gasteiger partial charge in [0.05, 0.1) is 0 Å². The molecular weight excluding hydrogens is 210 g/mol. The molecule has 0 amide bonds. The summed E-state index contributed by atoms with van der Waals surface area (Å²) in [6, 6.07) is 2.49. The van der Waals surface area contributed by atoms with Crippen molar-refractivity contribution in [3.8, 4) is 0 Å². The molecule has 3 heterocycles. The number of nitrogens with zero attached hydrogens (tertiary/aromatic N) is 2. The maximum absolute atomic E-state index is 3.79. The maximum Gasteiger partial charge on any atom is 0.0198 e. The molecule has 1 N–H and O–H groups in total. The summed E-state index contributed by atoms with van der Waals surface area (Å²) in [5.41, 5.74) is 0. The number of nitrogens with one attached hydrogen (secondary N) is 1. The normalized spacial score (nSPS) is 41.1. The van der Waals surface area contributed by atoms with Crippen molar-refractivity contribution in [1.29, 1.82) is 0 Å². The van der Waals surface area contributed by atoms with Gasteiger partial charge in [0.2, 0.25) is 0 Å². The predicted molar refractivity (Wildman–Crippen MR) is 71.3 cm³/mol. The van der Waals surface area contributed by atoms with E-state index in [1.165, 1.54) is 64.7 Å². The maximum atomic E-state index is 3.79. The number of hydrogen-bond acceptors (Lipinski definition) is 3. The van der Waals surface area contributed by atoms with Crippen LogP contribution in [0.3, 0.4) is 0 Å². The molecule has 3 aliphatic rings. The monoisotopic (exact) mass is 237 g/mol. The summed E-state index contributed by atoms with van der Waals surface area (Å²) in [4.78, 5) is 5.30. The van der Waals surface area contributed by atoms with Crippen molar-refractivity contribution in [1.82, 2.24) is 15.1 Å². The van der Waals surface area contributed by atoms with Crippen molar-refractivity contribution < 1.29 is 0 Å². The third-order valence-corrected chi connectivity index (χ3v) is 4.99. The smallest absolute Gasteiger partial charge is 0.0198 e. The Hall–Kier alpha value is -0.120. The molecule has 0 aromatic rings. The minimum Gasteiger partial charge on any atom is -0.310 e. The Labute approximate surface area is 106 Å². The van der Waals surface area contributed by atoms with E-state index < -0.39 is 0 Å². The lowest BCUT2D eigenvalue weighted by atomic mass is 10.0. The van der Waals surface area contributed by atoms with Gasteiger partial charge in [0, 0.05) is 24.7 Å². The van der Waals surface area contributed by atoms with Gasteiger partial charge in [0.15, 0.2) is 0 Å². The standard InChI is InChI=1S/C14H27N3/c1-16-8-2-3-14(7-9-16)17-10-6-12-4-5-13(11-17)15-12/h12-15H,2-11H2,1H3. The third kappa shape index (κ3) is 2.83. The summed E-state index contributed by atoms with van der Waals surface area (Å²) in [5.74, 6) is 0. The summed E-state index contributed by atoms with van der Waals surface area (Å²) in [5, 5.41) is 3.79. The van der Waals surface area contributed by atoms with Crippen LogP contribution >= 0.6 is 0 Å². The molecule has 0 aromatic heterocycles. The zero-order chi connectivity index (χ0) is 11.7. The van der Waals surface area contributed by atoms with Crippen LogP contribution in [-0.4, -0.2) is 61.2 Å². The van der Waals surface area contributed by atoms with Crippen LogP contribution in [-0.2, 0) is 0 Å². The largest absolute Gasteiger partial charge is 0.310 e. The van der Waals surface area contributed by atoms with Crippen LogP contribution in [0.4, 0.5) is 0 Å². The van der Waals surface area contributed by atoms with Crippen LogP contribution in [0.2, 0.25) is 0 Å². The van der Waals surface area contributed by atoms with Gasteiger partial charge in [-0.05, 0) is 65.2 Å². The zero-order valence-electron chi connectivity index (χ0n) is 11.2. The Bertz CT molecular complexity index is 256. The number of rotatable bonds is 1. The average molecular weight is 237 g/mol. The Kier molecular flexibility index (Phi) is 3.69. The minimum atomic E-state index is 0.795. The minimum absolute atomic E-state index is 0.795. The van der Waals surface area contributed by atoms with Gasteiger partial charge < -0.3 is 10.2 Å². The highest BCUT2D eigenvalue weighted by Gasteiger charge is 2.32. The van der Waals surface area contributed by atoms with Gasteiger partial charge in [-0.25, -0.2) is 0 Å². The van der Waals surface area contributed by atoms with Gasteiger partial charge in [-0.15, -0.1) is 0 Å². The molecule has 3 nitrogen and oxygen atoms in total. The van der Waals surface area contributed by atoms with Crippen LogP contribution in [0.25, 0.3) is 0 Å². The van der Waals surface area contributed by atoms with E-state index in [-0.39, 0.29) is 0 Å². The summed E-state index contributed by atoms with van der Waals surface area (Å²) in [6.45, 7) is 5.24. The molecule has 0 saturated carbocycles. The molecule has 3 fully saturated rings. The van der Waals surface area contributed by atoms with Crippen LogP contribution in [0.15, 0.2) is 0 Å². The fourth-order valence-corrected chi connectivity index (χ4v) is 3.89. The van der Waals surface area contributed by atoms with Gasteiger partial charge in [-0.2, -0.15) is 0 Å². The van der Waals surface area contributed by atoms with E-state index in [0.717, 1.165) is 18.1 Å². The van der Waals surface area contributed by atoms with Crippen LogP contribution in [0, 0.1) is 0 Å². The second kappa shape index (κ2) is 5.25. The first kappa shape index (κ1) is 11.9. The van der Waals surface area contributed by atoms with Crippen molar-refractivity contribution >= 4 is 0 Å². The van der Waals surface area contributed by atoms with E-state index in [2.05, 4.69) is 22.2 Å². The summed E-state index contributed by atoms with van der Waals surface area (Å²) in [7, 11) is 2.27. The average Bonchev–Trinajstić information content (AvgIpc) is 2.50. The lowest BCUT2D eigenvalue weighted by Gasteiger charge is -2.32. The number of fused-ring (bicyclic) bond motifs is 2. The first-order chi connectivity index (χ1) is 8.31. The first-order valence-electron chi connectivity index (χ1n) is 7.50. The second-order valence-corrected chi connectivity index (χ2v) is 6.31. The highest BCUT2D eigenvalue weighted by Crippen LogP contribution is 2.24. The Morgan fingerprint density at radius 3 is 2.71 bits per heavy atom. The second-order valence-electron chi connectivity index (χ2n) is 6.31. The van der Waals surface area contributed by atoms with Crippen molar-refractivity contribution in [3.63, 3.8) is 0 Å². The third-order valence-electron chi connectivity index (χ3n) is 4.99.